The standard InChI is InChI=1S/C12H14F2N2O2/c13-9-3-8(4-10(14)11(9)15)12(17)16-5-7-1-2-18-6-7/h3-4,7H,1-2,5-6,15H2,(H,16,17). The van der Waals surface area contributed by atoms with Crippen LogP contribution in [0.1, 0.15) is 16.8 Å². The molecule has 1 saturated heterocycles. The molecule has 1 aliphatic rings. The number of carbonyl (C=O) groups is 1. The molecule has 2 rings (SSSR count). The Morgan fingerprint density at radius 1 is 1.44 bits per heavy atom. The van der Waals surface area contributed by atoms with Crippen LogP contribution in [0.25, 0.3) is 0 Å². The van der Waals surface area contributed by atoms with Gasteiger partial charge in [-0.2, -0.15) is 0 Å². The number of nitrogen functional groups attached to an aromatic ring is 1. The molecule has 1 atom stereocenters. The Kier molecular flexibility index (Phi) is 3.76. The molecule has 0 bridgehead atoms. The molecule has 1 fully saturated rings. The maximum Gasteiger partial charge on any atom is 0.251 e. The molecule has 0 saturated carbocycles. The predicted molar refractivity (Wildman–Crippen MR) is 62.0 cm³/mol. The number of hydrogen-bond acceptors (Lipinski definition) is 3. The largest absolute Gasteiger partial charge is 0.394 e. The minimum Gasteiger partial charge on any atom is -0.394 e. The van der Waals surface area contributed by atoms with Crippen molar-refractivity contribution >= 4 is 11.6 Å². The third-order valence-corrected chi connectivity index (χ3v) is 2.92. The van der Waals surface area contributed by atoms with E-state index in [4.69, 9.17) is 10.5 Å². The normalized spacial score (nSPS) is 18.9. The van der Waals surface area contributed by atoms with Gasteiger partial charge in [-0.1, -0.05) is 0 Å². The van der Waals surface area contributed by atoms with Crippen molar-refractivity contribution < 1.29 is 18.3 Å². The van der Waals surface area contributed by atoms with Gasteiger partial charge in [0.05, 0.1) is 6.61 Å². The van der Waals surface area contributed by atoms with E-state index in [1.165, 1.54) is 0 Å². The lowest BCUT2D eigenvalue weighted by atomic mass is 10.1. The molecule has 0 aliphatic carbocycles. The maximum absolute atomic E-state index is 13.2. The third-order valence-electron chi connectivity index (χ3n) is 2.92. The minimum absolute atomic E-state index is 0.0712. The van der Waals surface area contributed by atoms with Crippen molar-refractivity contribution in [1.82, 2.24) is 5.32 Å². The zero-order chi connectivity index (χ0) is 13.1. The van der Waals surface area contributed by atoms with Crippen LogP contribution in [0.3, 0.4) is 0 Å². The molecule has 4 nitrogen and oxygen atoms in total. The van der Waals surface area contributed by atoms with Crippen molar-refractivity contribution in [3.05, 3.63) is 29.3 Å². The van der Waals surface area contributed by atoms with Crippen LogP contribution < -0.4 is 11.1 Å². The molecule has 1 unspecified atom stereocenters. The summed E-state index contributed by atoms with van der Waals surface area (Å²) in [5.41, 5.74) is 4.48. The van der Waals surface area contributed by atoms with Gasteiger partial charge in [0, 0.05) is 24.6 Å². The Balaban J connectivity index is 2.00. The highest BCUT2D eigenvalue weighted by atomic mass is 19.1. The molecule has 6 heteroatoms. The Bertz CT molecular complexity index is 436. The highest BCUT2D eigenvalue weighted by Gasteiger charge is 2.18. The second kappa shape index (κ2) is 5.30. The summed E-state index contributed by atoms with van der Waals surface area (Å²) < 4.78 is 31.5. The summed E-state index contributed by atoms with van der Waals surface area (Å²) in [6.45, 7) is 1.73. The molecule has 18 heavy (non-hydrogen) atoms. The van der Waals surface area contributed by atoms with Crippen LogP contribution in [0.2, 0.25) is 0 Å². The van der Waals surface area contributed by atoms with Crippen molar-refractivity contribution in [3.63, 3.8) is 0 Å². The topological polar surface area (TPSA) is 64.4 Å². The molecular formula is C12H14F2N2O2. The Morgan fingerprint density at radius 2 is 2.11 bits per heavy atom. The van der Waals surface area contributed by atoms with Crippen LogP contribution in [0.15, 0.2) is 12.1 Å². The minimum atomic E-state index is -0.927. The number of amides is 1. The zero-order valence-corrected chi connectivity index (χ0v) is 9.71. The van der Waals surface area contributed by atoms with E-state index in [-0.39, 0.29) is 11.5 Å². The first-order chi connectivity index (χ1) is 8.58. The smallest absolute Gasteiger partial charge is 0.251 e. The van der Waals surface area contributed by atoms with Gasteiger partial charge < -0.3 is 15.8 Å². The second-order valence-electron chi connectivity index (χ2n) is 4.29. The fraction of sp³-hybridized carbons (Fsp3) is 0.417. The molecule has 0 radical (unpaired) electrons. The molecule has 1 aromatic carbocycles. The molecule has 98 valence electrons. The van der Waals surface area contributed by atoms with Crippen molar-refractivity contribution in [2.24, 2.45) is 5.92 Å². The number of anilines is 1. The molecule has 1 aromatic rings. The molecule has 3 N–H and O–H groups in total. The van der Waals surface area contributed by atoms with E-state index < -0.39 is 23.2 Å². The number of halogens is 2. The number of nitrogens with one attached hydrogen (secondary N) is 1. The lowest BCUT2D eigenvalue weighted by Crippen LogP contribution is -2.29. The molecule has 0 spiro atoms. The number of rotatable bonds is 3. The third kappa shape index (κ3) is 2.76. The summed E-state index contributed by atoms with van der Waals surface area (Å²) in [5.74, 6) is -2.11. The Hall–Kier alpha value is -1.69. The summed E-state index contributed by atoms with van der Waals surface area (Å²) in [6, 6.07) is 1.86. The fourth-order valence-electron chi connectivity index (χ4n) is 1.80. The summed E-state index contributed by atoms with van der Waals surface area (Å²) in [4.78, 5) is 11.7. The Morgan fingerprint density at radius 3 is 2.67 bits per heavy atom. The average Bonchev–Trinajstić information content (AvgIpc) is 2.85. The van der Waals surface area contributed by atoms with Crippen LogP contribution >= 0.6 is 0 Å². The van der Waals surface area contributed by atoms with Gasteiger partial charge in [-0.3, -0.25) is 4.79 Å². The van der Waals surface area contributed by atoms with E-state index in [1.807, 2.05) is 0 Å². The highest BCUT2D eigenvalue weighted by molar-refractivity contribution is 5.94. The van der Waals surface area contributed by atoms with Gasteiger partial charge in [0.15, 0.2) is 0 Å². The predicted octanol–water partition coefficient (Wildman–Crippen LogP) is 1.31. The van der Waals surface area contributed by atoms with Gasteiger partial charge in [-0.05, 0) is 18.6 Å². The van der Waals surface area contributed by atoms with Crippen LogP contribution in [0.4, 0.5) is 14.5 Å². The summed E-state index contributed by atoms with van der Waals surface area (Å²) in [7, 11) is 0. The van der Waals surface area contributed by atoms with E-state index in [2.05, 4.69) is 5.32 Å². The molecule has 1 amide bonds. The lowest BCUT2D eigenvalue weighted by molar-refractivity contribution is 0.0944. The first-order valence-corrected chi connectivity index (χ1v) is 5.68. The van der Waals surface area contributed by atoms with E-state index in [1.54, 1.807) is 0 Å². The van der Waals surface area contributed by atoms with Gasteiger partial charge in [-0.15, -0.1) is 0 Å². The van der Waals surface area contributed by atoms with Crippen LogP contribution in [-0.4, -0.2) is 25.7 Å². The van der Waals surface area contributed by atoms with Gasteiger partial charge >= 0.3 is 0 Å². The number of hydrogen-bond donors (Lipinski definition) is 2. The maximum atomic E-state index is 13.2. The fourth-order valence-corrected chi connectivity index (χ4v) is 1.80. The molecule has 0 aromatic heterocycles. The average molecular weight is 256 g/mol. The first-order valence-electron chi connectivity index (χ1n) is 5.68. The number of ether oxygens (including phenoxy) is 1. The first kappa shape index (κ1) is 12.8. The van der Waals surface area contributed by atoms with E-state index in [0.29, 0.717) is 19.8 Å². The number of carbonyl (C=O) groups excluding carboxylic acids is 1. The summed E-state index contributed by atoms with van der Waals surface area (Å²) in [5, 5.41) is 2.62. The quantitative estimate of drug-likeness (QED) is 0.801. The monoisotopic (exact) mass is 256 g/mol. The number of nitrogens with two attached hydrogens (primary N) is 1. The van der Waals surface area contributed by atoms with Crippen molar-refractivity contribution in [1.29, 1.82) is 0 Å². The second-order valence-corrected chi connectivity index (χ2v) is 4.29. The van der Waals surface area contributed by atoms with E-state index >= 15 is 0 Å². The SMILES string of the molecule is Nc1c(F)cc(C(=O)NCC2CCOC2)cc1F. The summed E-state index contributed by atoms with van der Waals surface area (Å²) in [6.07, 6.45) is 0.880. The van der Waals surface area contributed by atoms with Gasteiger partial charge in [-0.25, -0.2) is 8.78 Å². The molecular weight excluding hydrogens is 242 g/mol. The van der Waals surface area contributed by atoms with E-state index in [0.717, 1.165) is 18.6 Å². The summed E-state index contributed by atoms with van der Waals surface area (Å²) >= 11 is 0. The Labute approximate surface area is 103 Å². The van der Waals surface area contributed by atoms with Crippen LogP contribution in [-0.2, 0) is 4.74 Å². The zero-order valence-electron chi connectivity index (χ0n) is 9.71. The number of benzene rings is 1. The van der Waals surface area contributed by atoms with Crippen molar-refractivity contribution in [2.45, 2.75) is 6.42 Å². The van der Waals surface area contributed by atoms with Gasteiger partial charge in [0.25, 0.3) is 5.91 Å². The molecule has 1 aliphatic heterocycles. The van der Waals surface area contributed by atoms with Crippen molar-refractivity contribution in [3.8, 4) is 0 Å². The van der Waals surface area contributed by atoms with E-state index in [9.17, 15) is 13.6 Å². The van der Waals surface area contributed by atoms with Gasteiger partial charge in [0.2, 0.25) is 0 Å². The van der Waals surface area contributed by atoms with Crippen LogP contribution in [0.5, 0.6) is 0 Å². The highest BCUT2D eigenvalue weighted by Crippen LogP contribution is 2.17. The lowest BCUT2D eigenvalue weighted by Gasteiger charge is -2.10. The van der Waals surface area contributed by atoms with Crippen molar-refractivity contribution in [2.75, 3.05) is 25.5 Å². The van der Waals surface area contributed by atoms with Crippen LogP contribution in [0, 0.1) is 17.6 Å². The van der Waals surface area contributed by atoms with Gasteiger partial charge in [0.1, 0.15) is 17.3 Å². The molecule has 1 heterocycles.